The Labute approximate surface area is 132 Å². The van der Waals surface area contributed by atoms with Gasteiger partial charge in [0, 0.05) is 16.4 Å². The van der Waals surface area contributed by atoms with E-state index in [-0.39, 0.29) is 18.1 Å². The number of carbonyl (C=O) groups is 1. The van der Waals surface area contributed by atoms with E-state index >= 15 is 0 Å². The molecule has 1 fully saturated rings. The molecule has 3 N–H and O–H groups in total. The smallest absolute Gasteiger partial charge is 0.319 e. The zero-order valence-electron chi connectivity index (χ0n) is 12.3. The molecule has 0 saturated heterocycles. The number of rotatable bonds is 5. The van der Waals surface area contributed by atoms with Crippen molar-refractivity contribution in [2.45, 2.75) is 42.9 Å². The molecule has 2 atom stereocenters. The van der Waals surface area contributed by atoms with Crippen molar-refractivity contribution in [3.8, 4) is 0 Å². The van der Waals surface area contributed by atoms with E-state index in [1.165, 1.54) is 0 Å². The Hall–Kier alpha value is -1.34. The monoisotopic (exact) mass is 330 g/mol. The van der Waals surface area contributed by atoms with Crippen molar-refractivity contribution in [3.05, 3.63) is 24.3 Å². The number of alkyl halides is 2. The molecule has 7 heteroatoms. The Morgan fingerprint density at radius 3 is 2.91 bits per heavy atom. The van der Waals surface area contributed by atoms with Crippen molar-refractivity contribution in [2.75, 3.05) is 11.9 Å². The number of para-hydroxylation sites is 1. The predicted molar refractivity (Wildman–Crippen MR) is 83.3 cm³/mol. The van der Waals surface area contributed by atoms with Gasteiger partial charge in [-0.1, -0.05) is 37.2 Å². The third kappa shape index (κ3) is 4.10. The minimum atomic E-state index is -2.54. The third-order valence-corrected chi connectivity index (χ3v) is 4.89. The number of urea groups is 1. The topological polar surface area (TPSA) is 61.4 Å². The van der Waals surface area contributed by atoms with Crippen LogP contribution in [0.25, 0.3) is 0 Å². The first-order chi connectivity index (χ1) is 10.4. The van der Waals surface area contributed by atoms with E-state index in [0.29, 0.717) is 22.3 Å². The van der Waals surface area contributed by atoms with Gasteiger partial charge < -0.3 is 15.7 Å². The molecule has 2 unspecified atom stereocenters. The fourth-order valence-electron chi connectivity index (χ4n) is 2.75. The Bertz CT molecular complexity index is 530. The van der Waals surface area contributed by atoms with Crippen LogP contribution >= 0.6 is 11.8 Å². The molecule has 1 saturated carbocycles. The molecule has 0 bridgehead atoms. The molecule has 0 aromatic heterocycles. The van der Waals surface area contributed by atoms with Crippen LogP contribution in [0.3, 0.4) is 0 Å². The predicted octanol–water partition coefficient (Wildman–Crippen LogP) is 3.67. The molecule has 0 radical (unpaired) electrons. The summed E-state index contributed by atoms with van der Waals surface area (Å²) in [5, 5.41) is 14.9. The normalized spacial score (nSPS) is 24.5. The first-order valence-electron chi connectivity index (χ1n) is 7.17. The number of nitrogens with one attached hydrogen (secondary N) is 2. The van der Waals surface area contributed by atoms with Crippen molar-refractivity contribution in [1.29, 1.82) is 0 Å². The number of amides is 2. The summed E-state index contributed by atoms with van der Waals surface area (Å²) in [5.41, 5.74) is 0.0307. The average Bonchev–Trinajstić information content (AvgIpc) is 2.82. The zero-order chi connectivity index (χ0) is 16.2. The summed E-state index contributed by atoms with van der Waals surface area (Å²) < 4.78 is 25.0. The highest BCUT2D eigenvalue weighted by atomic mass is 32.2. The van der Waals surface area contributed by atoms with Crippen LogP contribution in [0.1, 0.15) is 26.2 Å². The SMILES string of the molecule is CC1(CO)CCCC1NC(=O)Nc1ccccc1SC(F)F. The maximum atomic E-state index is 12.5. The van der Waals surface area contributed by atoms with Crippen molar-refractivity contribution < 1.29 is 18.7 Å². The number of anilines is 1. The summed E-state index contributed by atoms with van der Waals surface area (Å²) in [7, 11) is 0. The van der Waals surface area contributed by atoms with Gasteiger partial charge in [-0.05, 0) is 25.0 Å². The van der Waals surface area contributed by atoms with Crippen LogP contribution in [0.5, 0.6) is 0 Å². The number of hydrogen-bond donors (Lipinski definition) is 3. The lowest BCUT2D eigenvalue weighted by molar-refractivity contribution is 0.122. The van der Waals surface area contributed by atoms with Gasteiger partial charge in [-0.2, -0.15) is 8.78 Å². The highest BCUT2D eigenvalue weighted by Gasteiger charge is 2.39. The van der Waals surface area contributed by atoms with Gasteiger partial charge in [-0.15, -0.1) is 0 Å². The highest BCUT2D eigenvalue weighted by molar-refractivity contribution is 7.99. The van der Waals surface area contributed by atoms with Gasteiger partial charge in [0.15, 0.2) is 0 Å². The Morgan fingerprint density at radius 1 is 1.50 bits per heavy atom. The van der Waals surface area contributed by atoms with E-state index in [9.17, 15) is 18.7 Å². The summed E-state index contributed by atoms with van der Waals surface area (Å²) in [6.07, 6.45) is 2.60. The fraction of sp³-hybridized carbons (Fsp3) is 0.533. The van der Waals surface area contributed by atoms with Crippen molar-refractivity contribution >= 4 is 23.5 Å². The molecule has 22 heavy (non-hydrogen) atoms. The summed E-state index contributed by atoms with van der Waals surface area (Å²) in [6.45, 7) is 1.95. The molecule has 1 aliphatic carbocycles. The van der Waals surface area contributed by atoms with Crippen LogP contribution in [0.2, 0.25) is 0 Å². The van der Waals surface area contributed by atoms with E-state index in [4.69, 9.17) is 0 Å². The lowest BCUT2D eigenvalue weighted by Crippen LogP contribution is -2.46. The Kier molecular flexibility index (Phi) is 5.63. The molecule has 122 valence electrons. The number of benzene rings is 1. The molecule has 2 rings (SSSR count). The molecule has 1 aromatic rings. The quantitative estimate of drug-likeness (QED) is 0.722. The number of hydrogen-bond acceptors (Lipinski definition) is 3. The summed E-state index contributed by atoms with van der Waals surface area (Å²) >= 11 is 0.398. The van der Waals surface area contributed by atoms with Gasteiger partial charge in [0.25, 0.3) is 5.76 Å². The summed E-state index contributed by atoms with van der Waals surface area (Å²) in [4.78, 5) is 12.4. The van der Waals surface area contributed by atoms with Crippen LogP contribution in [-0.2, 0) is 0 Å². The molecular weight excluding hydrogens is 310 g/mol. The molecule has 4 nitrogen and oxygen atoms in total. The van der Waals surface area contributed by atoms with Gasteiger partial charge in [0.05, 0.1) is 12.3 Å². The van der Waals surface area contributed by atoms with Crippen molar-refractivity contribution in [1.82, 2.24) is 5.32 Å². The van der Waals surface area contributed by atoms with Crippen LogP contribution in [0.4, 0.5) is 19.3 Å². The van der Waals surface area contributed by atoms with Gasteiger partial charge >= 0.3 is 6.03 Å². The van der Waals surface area contributed by atoms with Crippen LogP contribution in [0, 0.1) is 5.41 Å². The van der Waals surface area contributed by atoms with E-state index in [1.54, 1.807) is 24.3 Å². The van der Waals surface area contributed by atoms with Gasteiger partial charge in [-0.25, -0.2) is 4.79 Å². The Balaban J connectivity index is 2.01. The van der Waals surface area contributed by atoms with Gasteiger partial charge in [-0.3, -0.25) is 0 Å². The largest absolute Gasteiger partial charge is 0.396 e. The molecular formula is C15H20F2N2O2S. The number of thioether (sulfide) groups is 1. The highest BCUT2D eigenvalue weighted by Crippen LogP contribution is 2.37. The maximum absolute atomic E-state index is 12.5. The number of carbonyl (C=O) groups excluding carboxylic acids is 1. The fourth-order valence-corrected chi connectivity index (χ4v) is 3.35. The van der Waals surface area contributed by atoms with E-state index in [1.807, 2.05) is 6.92 Å². The van der Waals surface area contributed by atoms with E-state index < -0.39 is 11.8 Å². The minimum Gasteiger partial charge on any atom is -0.396 e. The van der Waals surface area contributed by atoms with Crippen molar-refractivity contribution in [3.63, 3.8) is 0 Å². The van der Waals surface area contributed by atoms with Crippen LogP contribution < -0.4 is 10.6 Å². The number of aliphatic hydroxyl groups excluding tert-OH is 1. The molecule has 1 aromatic carbocycles. The summed E-state index contributed by atoms with van der Waals surface area (Å²) in [5.74, 6) is -2.54. The van der Waals surface area contributed by atoms with E-state index in [0.717, 1.165) is 19.3 Å². The third-order valence-electron chi connectivity index (χ3n) is 4.10. The lowest BCUT2D eigenvalue weighted by atomic mass is 9.86. The molecule has 0 aliphatic heterocycles. The van der Waals surface area contributed by atoms with Crippen LogP contribution in [-0.4, -0.2) is 29.5 Å². The molecule has 1 aliphatic rings. The second-order valence-corrected chi connectivity index (χ2v) is 6.76. The second kappa shape index (κ2) is 7.28. The number of halogens is 2. The molecule has 2 amide bonds. The first-order valence-corrected chi connectivity index (χ1v) is 8.05. The first kappa shape index (κ1) is 17.0. The van der Waals surface area contributed by atoms with Crippen molar-refractivity contribution in [2.24, 2.45) is 5.41 Å². The van der Waals surface area contributed by atoms with Crippen LogP contribution in [0.15, 0.2) is 29.2 Å². The molecule has 0 spiro atoms. The van der Waals surface area contributed by atoms with E-state index in [2.05, 4.69) is 10.6 Å². The van der Waals surface area contributed by atoms with Gasteiger partial charge in [0.2, 0.25) is 0 Å². The molecule has 0 heterocycles. The van der Waals surface area contributed by atoms with Gasteiger partial charge in [0.1, 0.15) is 0 Å². The standard InChI is InChI=1S/C15H20F2N2O2S/c1-15(9-20)8-4-7-12(15)19-14(21)18-10-5-2-3-6-11(10)22-13(16)17/h2-3,5-6,12-13,20H,4,7-9H2,1H3,(H2,18,19,21). The second-order valence-electron chi connectivity index (χ2n) is 5.73. The minimum absolute atomic E-state index is 0.00969. The zero-order valence-corrected chi connectivity index (χ0v) is 13.1. The maximum Gasteiger partial charge on any atom is 0.319 e. The Morgan fingerprint density at radius 2 is 2.23 bits per heavy atom. The average molecular weight is 330 g/mol. The lowest BCUT2D eigenvalue weighted by Gasteiger charge is -2.30. The number of aliphatic hydroxyl groups is 1. The summed E-state index contributed by atoms with van der Waals surface area (Å²) in [6, 6.07) is 5.90.